The smallest absolute Gasteiger partial charge is 0.259 e. The quantitative estimate of drug-likeness (QED) is 0.515. The van der Waals surface area contributed by atoms with Crippen molar-refractivity contribution in [2.24, 2.45) is 0 Å². The van der Waals surface area contributed by atoms with E-state index in [4.69, 9.17) is 0 Å². The number of aromatic amines is 1. The molecule has 0 aliphatic rings. The average molecular weight is 359 g/mol. The summed E-state index contributed by atoms with van der Waals surface area (Å²) in [5, 5.41) is 5.45. The molecule has 0 radical (unpaired) electrons. The van der Waals surface area contributed by atoms with Gasteiger partial charge in [-0.2, -0.15) is 0 Å². The first-order chi connectivity index (χ1) is 12.7. The lowest BCUT2D eigenvalue weighted by molar-refractivity contribution is 0.102. The zero-order valence-electron chi connectivity index (χ0n) is 14.2. The molecule has 2 aromatic heterocycles. The highest BCUT2D eigenvalue weighted by molar-refractivity contribution is 7.14. The molecule has 2 heterocycles. The number of thiazole rings is 1. The zero-order chi connectivity index (χ0) is 17.9. The molecule has 4 aromatic rings. The third-order valence-electron chi connectivity index (χ3n) is 4.15. The number of benzene rings is 2. The van der Waals surface area contributed by atoms with Gasteiger partial charge in [0, 0.05) is 28.9 Å². The van der Waals surface area contributed by atoms with Crippen LogP contribution in [0.3, 0.4) is 0 Å². The van der Waals surface area contributed by atoms with Gasteiger partial charge in [0.2, 0.25) is 0 Å². The van der Waals surface area contributed by atoms with Gasteiger partial charge in [-0.15, -0.1) is 11.3 Å². The molecule has 0 aliphatic heterocycles. The number of hydrogen-bond donors (Lipinski definition) is 2. The van der Waals surface area contributed by atoms with Crippen molar-refractivity contribution in [2.75, 3.05) is 5.32 Å². The number of nitrogens with zero attached hydrogens (tertiary/aromatic N) is 1. The third-order valence-corrected chi connectivity index (χ3v) is 4.90. The van der Waals surface area contributed by atoms with Gasteiger partial charge in [-0.05, 0) is 12.5 Å². The van der Waals surface area contributed by atoms with Gasteiger partial charge in [-0.1, -0.05) is 60.2 Å². The molecule has 5 heteroatoms. The minimum atomic E-state index is -0.171. The number of nitrogens with one attached hydrogen (secondary N) is 2. The Morgan fingerprint density at radius 3 is 2.54 bits per heavy atom. The zero-order valence-corrected chi connectivity index (χ0v) is 15.0. The second kappa shape index (κ2) is 6.98. The van der Waals surface area contributed by atoms with Gasteiger partial charge in [0.15, 0.2) is 5.13 Å². The van der Waals surface area contributed by atoms with Crippen LogP contribution in [0.5, 0.6) is 0 Å². The predicted molar refractivity (Wildman–Crippen MR) is 106 cm³/mol. The lowest BCUT2D eigenvalue weighted by Gasteiger charge is -2.04. The summed E-state index contributed by atoms with van der Waals surface area (Å²) in [5.41, 5.74) is 5.58. The van der Waals surface area contributed by atoms with Crippen LogP contribution in [0.2, 0.25) is 0 Å². The van der Waals surface area contributed by atoms with Crippen LogP contribution < -0.4 is 5.32 Å². The number of rotatable bonds is 4. The first kappa shape index (κ1) is 16.3. The van der Waals surface area contributed by atoms with E-state index in [9.17, 15) is 4.79 Å². The maximum absolute atomic E-state index is 12.7. The van der Waals surface area contributed by atoms with Crippen LogP contribution >= 0.6 is 11.3 Å². The molecule has 4 nitrogen and oxygen atoms in total. The number of anilines is 1. The first-order valence-electron chi connectivity index (χ1n) is 8.27. The summed E-state index contributed by atoms with van der Waals surface area (Å²) >= 11 is 1.42. The fourth-order valence-electron chi connectivity index (χ4n) is 2.76. The summed E-state index contributed by atoms with van der Waals surface area (Å²) in [5.74, 6) is -0.171. The van der Waals surface area contributed by atoms with Gasteiger partial charge >= 0.3 is 0 Å². The molecule has 1 amide bonds. The standard InChI is InChI=1S/C21H17N3OS/c1-14-7-9-16(10-8-14)19-13-26-21(23-19)24-20(25)18-12-22-11-17(18)15-5-3-2-4-6-15/h2-13,22H,1H3,(H,23,24,25). The number of aromatic nitrogens is 2. The van der Waals surface area contributed by atoms with Crippen LogP contribution in [0.1, 0.15) is 15.9 Å². The number of aryl methyl sites for hydroxylation is 1. The van der Waals surface area contributed by atoms with Crippen molar-refractivity contribution in [1.82, 2.24) is 9.97 Å². The third kappa shape index (κ3) is 3.30. The maximum Gasteiger partial charge on any atom is 0.259 e. The topological polar surface area (TPSA) is 57.8 Å². The summed E-state index contributed by atoms with van der Waals surface area (Å²) < 4.78 is 0. The van der Waals surface area contributed by atoms with E-state index >= 15 is 0 Å². The molecule has 0 saturated heterocycles. The number of amides is 1. The van der Waals surface area contributed by atoms with Gasteiger partial charge < -0.3 is 4.98 Å². The Labute approximate surface area is 155 Å². The van der Waals surface area contributed by atoms with Crippen LogP contribution in [-0.2, 0) is 0 Å². The Morgan fingerprint density at radius 2 is 1.77 bits per heavy atom. The maximum atomic E-state index is 12.7. The summed E-state index contributed by atoms with van der Waals surface area (Å²) in [6.45, 7) is 2.05. The van der Waals surface area contributed by atoms with Gasteiger partial charge in [0.05, 0.1) is 11.3 Å². The minimum absolute atomic E-state index is 0.171. The van der Waals surface area contributed by atoms with Crippen molar-refractivity contribution in [1.29, 1.82) is 0 Å². The summed E-state index contributed by atoms with van der Waals surface area (Å²) in [4.78, 5) is 20.3. The Balaban J connectivity index is 1.55. The molecule has 2 aromatic carbocycles. The van der Waals surface area contributed by atoms with Gasteiger partial charge in [0.1, 0.15) is 0 Å². The van der Waals surface area contributed by atoms with E-state index in [2.05, 4.69) is 34.3 Å². The molecule has 0 unspecified atom stereocenters. The highest BCUT2D eigenvalue weighted by Gasteiger charge is 2.15. The van der Waals surface area contributed by atoms with Crippen molar-refractivity contribution in [2.45, 2.75) is 6.92 Å². The molecule has 0 saturated carbocycles. The van der Waals surface area contributed by atoms with E-state index in [1.165, 1.54) is 16.9 Å². The van der Waals surface area contributed by atoms with Crippen molar-refractivity contribution < 1.29 is 4.79 Å². The molecule has 0 bridgehead atoms. The predicted octanol–water partition coefficient (Wildman–Crippen LogP) is 5.37. The Hall–Kier alpha value is -3.18. The lowest BCUT2D eigenvalue weighted by Crippen LogP contribution is -2.11. The number of carbonyl (C=O) groups excluding carboxylic acids is 1. The second-order valence-corrected chi connectivity index (χ2v) is 6.86. The summed E-state index contributed by atoms with van der Waals surface area (Å²) in [6.07, 6.45) is 3.55. The number of carbonyl (C=O) groups is 1. The molecule has 26 heavy (non-hydrogen) atoms. The fraction of sp³-hybridized carbons (Fsp3) is 0.0476. The Kier molecular flexibility index (Phi) is 4.37. The number of H-pyrrole nitrogens is 1. The average Bonchev–Trinajstić information content (AvgIpc) is 3.32. The Bertz CT molecular complexity index is 1030. The molecular weight excluding hydrogens is 342 g/mol. The second-order valence-electron chi connectivity index (χ2n) is 6.01. The van der Waals surface area contributed by atoms with Crippen LogP contribution in [0.4, 0.5) is 5.13 Å². The monoisotopic (exact) mass is 359 g/mol. The lowest BCUT2D eigenvalue weighted by atomic mass is 10.0. The van der Waals surface area contributed by atoms with E-state index in [1.54, 1.807) is 6.20 Å². The van der Waals surface area contributed by atoms with Gasteiger partial charge in [-0.25, -0.2) is 4.98 Å². The van der Waals surface area contributed by atoms with Gasteiger partial charge in [-0.3, -0.25) is 10.1 Å². The van der Waals surface area contributed by atoms with Crippen LogP contribution in [-0.4, -0.2) is 15.9 Å². The highest BCUT2D eigenvalue weighted by atomic mass is 32.1. The molecule has 0 atom stereocenters. The van der Waals surface area contributed by atoms with E-state index in [-0.39, 0.29) is 5.91 Å². The number of hydrogen-bond acceptors (Lipinski definition) is 3. The Morgan fingerprint density at radius 1 is 1.00 bits per heavy atom. The summed E-state index contributed by atoms with van der Waals surface area (Å²) in [7, 11) is 0. The fourth-order valence-corrected chi connectivity index (χ4v) is 3.48. The van der Waals surface area contributed by atoms with Crippen molar-refractivity contribution in [3.63, 3.8) is 0 Å². The first-order valence-corrected chi connectivity index (χ1v) is 9.15. The molecule has 2 N–H and O–H groups in total. The highest BCUT2D eigenvalue weighted by Crippen LogP contribution is 2.27. The van der Waals surface area contributed by atoms with E-state index in [1.807, 2.05) is 54.0 Å². The van der Waals surface area contributed by atoms with Crippen molar-refractivity contribution in [3.8, 4) is 22.4 Å². The van der Waals surface area contributed by atoms with E-state index < -0.39 is 0 Å². The molecule has 4 rings (SSSR count). The van der Waals surface area contributed by atoms with Gasteiger partial charge in [0.25, 0.3) is 5.91 Å². The minimum Gasteiger partial charge on any atom is -0.366 e. The molecule has 0 fully saturated rings. The molecule has 0 spiro atoms. The SMILES string of the molecule is Cc1ccc(-c2csc(NC(=O)c3c[nH]cc3-c3ccccc3)n2)cc1. The molecule has 0 aliphatic carbocycles. The van der Waals surface area contributed by atoms with Crippen molar-refractivity contribution >= 4 is 22.4 Å². The van der Waals surface area contributed by atoms with Crippen LogP contribution in [0.25, 0.3) is 22.4 Å². The largest absolute Gasteiger partial charge is 0.366 e. The van der Waals surface area contributed by atoms with Crippen molar-refractivity contribution in [3.05, 3.63) is 83.5 Å². The molecule has 128 valence electrons. The normalized spacial score (nSPS) is 10.7. The van der Waals surface area contributed by atoms with E-state index in [0.29, 0.717) is 10.7 Å². The van der Waals surface area contributed by atoms with E-state index in [0.717, 1.165) is 22.4 Å². The van der Waals surface area contributed by atoms with Crippen LogP contribution in [0.15, 0.2) is 72.4 Å². The molecular formula is C21H17N3OS. The summed E-state index contributed by atoms with van der Waals surface area (Å²) in [6, 6.07) is 18.0. The van der Waals surface area contributed by atoms with Crippen LogP contribution in [0, 0.1) is 6.92 Å².